The zero-order valence-corrected chi connectivity index (χ0v) is 11.1. The number of rotatable bonds is 3. The number of carbonyl (C=O) groups excluding carboxylic acids is 1. The van der Waals surface area contributed by atoms with Crippen LogP contribution in [0, 0.1) is 0 Å². The van der Waals surface area contributed by atoms with Crippen LogP contribution in [-0.2, 0) is 0 Å². The molecule has 19 heavy (non-hydrogen) atoms. The van der Waals surface area contributed by atoms with Gasteiger partial charge in [-0.25, -0.2) is 0 Å². The van der Waals surface area contributed by atoms with Gasteiger partial charge in [-0.15, -0.1) is 0 Å². The average Bonchev–Trinajstić information content (AvgIpc) is 2.39. The van der Waals surface area contributed by atoms with Gasteiger partial charge in [0.2, 0.25) is 0 Å². The van der Waals surface area contributed by atoms with E-state index in [0.717, 1.165) is 12.8 Å². The number of hydrogen-bond donors (Lipinski definition) is 2. The second-order valence-corrected chi connectivity index (χ2v) is 4.70. The van der Waals surface area contributed by atoms with Crippen LogP contribution >= 0.6 is 0 Å². The molecule has 5 nitrogen and oxygen atoms in total. The van der Waals surface area contributed by atoms with Crippen LogP contribution in [0.3, 0.4) is 0 Å². The molecule has 0 bridgehead atoms. The summed E-state index contributed by atoms with van der Waals surface area (Å²) in [5, 5.41) is 9.66. The van der Waals surface area contributed by atoms with E-state index in [0.29, 0.717) is 36.7 Å². The van der Waals surface area contributed by atoms with E-state index < -0.39 is 6.10 Å². The van der Waals surface area contributed by atoms with Gasteiger partial charge >= 0.3 is 0 Å². The summed E-state index contributed by atoms with van der Waals surface area (Å²) in [5.74, 6) is 0.341. The van der Waals surface area contributed by atoms with E-state index in [1.165, 1.54) is 0 Å². The number of β-amino-alcohol motifs (C(OH)–C–C–N with tert-alkyl or cyclic N) is 1. The first-order chi connectivity index (χ1) is 9.13. The van der Waals surface area contributed by atoms with Crippen LogP contribution in [0.1, 0.15) is 30.1 Å². The summed E-state index contributed by atoms with van der Waals surface area (Å²) in [6.45, 7) is 3.35. The van der Waals surface area contributed by atoms with Crippen molar-refractivity contribution < 1.29 is 14.6 Å². The van der Waals surface area contributed by atoms with Crippen molar-refractivity contribution in [3.8, 4) is 5.75 Å². The Morgan fingerprint density at radius 3 is 3.05 bits per heavy atom. The maximum atomic E-state index is 12.5. The quantitative estimate of drug-likeness (QED) is 0.806. The van der Waals surface area contributed by atoms with Crippen LogP contribution in [0.25, 0.3) is 0 Å². The predicted octanol–water partition coefficient (Wildman–Crippen LogP) is 1.26. The van der Waals surface area contributed by atoms with Gasteiger partial charge in [0.1, 0.15) is 11.3 Å². The maximum Gasteiger partial charge on any atom is 0.259 e. The molecule has 1 unspecified atom stereocenters. The molecule has 5 heteroatoms. The highest BCUT2D eigenvalue weighted by Crippen LogP contribution is 2.27. The Morgan fingerprint density at radius 1 is 1.58 bits per heavy atom. The fourth-order valence-electron chi connectivity index (χ4n) is 2.35. The first-order valence-electron chi connectivity index (χ1n) is 6.62. The topological polar surface area (TPSA) is 75.8 Å². The third-order valence-electron chi connectivity index (χ3n) is 3.26. The molecule has 1 saturated heterocycles. The summed E-state index contributed by atoms with van der Waals surface area (Å²) in [4.78, 5) is 14.2. The van der Waals surface area contributed by atoms with Gasteiger partial charge in [0.05, 0.1) is 12.7 Å². The van der Waals surface area contributed by atoms with Crippen molar-refractivity contribution >= 4 is 11.6 Å². The van der Waals surface area contributed by atoms with Gasteiger partial charge in [0.15, 0.2) is 0 Å². The number of nitrogens with zero attached hydrogens (tertiary/aromatic N) is 1. The molecule has 1 heterocycles. The van der Waals surface area contributed by atoms with Crippen molar-refractivity contribution in [2.75, 3.05) is 25.4 Å². The number of amides is 1. The van der Waals surface area contributed by atoms with Gasteiger partial charge in [-0.3, -0.25) is 4.79 Å². The zero-order chi connectivity index (χ0) is 13.8. The Bertz CT molecular complexity index is 462. The highest BCUT2D eigenvalue weighted by Gasteiger charge is 2.26. The first-order valence-corrected chi connectivity index (χ1v) is 6.62. The minimum Gasteiger partial charge on any atom is -0.493 e. The second kappa shape index (κ2) is 5.93. The largest absolute Gasteiger partial charge is 0.493 e. The van der Waals surface area contributed by atoms with Gasteiger partial charge in [-0.1, -0.05) is 6.07 Å². The number of anilines is 1. The van der Waals surface area contributed by atoms with E-state index >= 15 is 0 Å². The van der Waals surface area contributed by atoms with Gasteiger partial charge in [0.25, 0.3) is 5.91 Å². The number of nitrogens with two attached hydrogens (primary N) is 1. The van der Waals surface area contributed by atoms with Gasteiger partial charge in [-0.05, 0) is 31.9 Å². The Kier molecular flexibility index (Phi) is 4.27. The number of benzene rings is 1. The molecule has 3 N–H and O–H groups in total. The van der Waals surface area contributed by atoms with E-state index in [-0.39, 0.29) is 5.91 Å². The standard InChI is InChI=1S/C14H20N2O3/c1-2-19-12-7-3-6-11(15)13(12)14(18)16-8-4-5-10(17)9-16/h3,6-7,10,17H,2,4-5,8-9,15H2,1H3. The van der Waals surface area contributed by atoms with Gasteiger partial charge < -0.3 is 20.5 Å². The molecule has 0 radical (unpaired) electrons. The summed E-state index contributed by atoms with van der Waals surface area (Å²) in [6.07, 6.45) is 1.11. The van der Waals surface area contributed by atoms with Crippen molar-refractivity contribution in [2.45, 2.75) is 25.9 Å². The number of hydrogen-bond acceptors (Lipinski definition) is 4. The third-order valence-corrected chi connectivity index (χ3v) is 3.26. The molecule has 2 rings (SSSR count). The van der Waals surface area contributed by atoms with E-state index in [1.54, 1.807) is 23.1 Å². The molecule has 104 valence electrons. The molecule has 1 aliphatic rings. The van der Waals surface area contributed by atoms with Crippen LogP contribution < -0.4 is 10.5 Å². The molecule has 0 spiro atoms. The minimum absolute atomic E-state index is 0.166. The third kappa shape index (κ3) is 2.98. The normalized spacial score (nSPS) is 19.3. The van der Waals surface area contributed by atoms with Crippen LogP contribution in [-0.4, -0.2) is 41.7 Å². The molecular weight excluding hydrogens is 244 g/mol. The molecule has 1 aromatic carbocycles. The lowest BCUT2D eigenvalue weighted by Gasteiger charge is -2.30. The van der Waals surface area contributed by atoms with Crippen molar-refractivity contribution in [2.24, 2.45) is 0 Å². The molecule has 1 atom stereocenters. The summed E-state index contributed by atoms with van der Waals surface area (Å²) >= 11 is 0. The lowest BCUT2D eigenvalue weighted by molar-refractivity contribution is 0.0471. The fraction of sp³-hybridized carbons (Fsp3) is 0.500. The average molecular weight is 264 g/mol. The first kappa shape index (κ1) is 13.7. The highest BCUT2D eigenvalue weighted by atomic mass is 16.5. The van der Waals surface area contributed by atoms with Crippen molar-refractivity contribution in [3.63, 3.8) is 0 Å². The van der Waals surface area contributed by atoms with Gasteiger partial charge in [-0.2, -0.15) is 0 Å². The zero-order valence-electron chi connectivity index (χ0n) is 11.1. The van der Waals surface area contributed by atoms with Crippen molar-refractivity contribution in [1.29, 1.82) is 0 Å². The number of likely N-dealkylation sites (tertiary alicyclic amines) is 1. The summed E-state index contributed by atoms with van der Waals surface area (Å²) < 4.78 is 5.47. The second-order valence-electron chi connectivity index (χ2n) is 4.70. The molecule has 1 aliphatic heterocycles. The Morgan fingerprint density at radius 2 is 2.37 bits per heavy atom. The fourth-order valence-corrected chi connectivity index (χ4v) is 2.35. The maximum absolute atomic E-state index is 12.5. The van der Waals surface area contributed by atoms with Crippen LogP contribution in [0.5, 0.6) is 5.75 Å². The predicted molar refractivity (Wildman–Crippen MR) is 73.2 cm³/mol. The number of piperidine rings is 1. The van der Waals surface area contributed by atoms with Crippen LogP contribution in [0.15, 0.2) is 18.2 Å². The molecule has 0 aliphatic carbocycles. The number of aliphatic hydroxyl groups is 1. The lowest BCUT2D eigenvalue weighted by atomic mass is 10.1. The number of carbonyl (C=O) groups is 1. The number of nitrogen functional groups attached to an aromatic ring is 1. The molecule has 0 saturated carbocycles. The van der Waals surface area contributed by atoms with Crippen LogP contribution in [0.4, 0.5) is 5.69 Å². The molecule has 1 amide bonds. The van der Waals surface area contributed by atoms with E-state index in [4.69, 9.17) is 10.5 Å². The highest BCUT2D eigenvalue weighted by molar-refractivity contribution is 6.01. The Hall–Kier alpha value is -1.75. The summed E-state index contributed by atoms with van der Waals surface area (Å²) in [6, 6.07) is 5.20. The number of aliphatic hydroxyl groups excluding tert-OH is 1. The van der Waals surface area contributed by atoms with Crippen LogP contribution in [0.2, 0.25) is 0 Å². The SMILES string of the molecule is CCOc1cccc(N)c1C(=O)N1CCCC(O)C1. The summed E-state index contributed by atoms with van der Waals surface area (Å²) in [5.41, 5.74) is 6.72. The Balaban J connectivity index is 2.27. The lowest BCUT2D eigenvalue weighted by Crippen LogP contribution is -2.42. The van der Waals surface area contributed by atoms with Crippen molar-refractivity contribution in [1.82, 2.24) is 4.90 Å². The molecule has 0 aromatic heterocycles. The monoisotopic (exact) mass is 264 g/mol. The van der Waals surface area contributed by atoms with E-state index in [2.05, 4.69) is 0 Å². The molecule has 1 fully saturated rings. The number of ether oxygens (including phenoxy) is 1. The van der Waals surface area contributed by atoms with Crippen molar-refractivity contribution in [3.05, 3.63) is 23.8 Å². The Labute approximate surface area is 113 Å². The minimum atomic E-state index is -0.446. The molecule has 1 aromatic rings. The van der Waals surface area contributed by atoms with E-state index in [1.807, 2.05) is 6.92 Å². The smallest absolute Gasteiger partial charge is 0.259 e. The van der Waals surface area contributed by atoms with Gasteiger partial charge in [0, 0.05) is 18.8 Å². The van der Waals surface area contributed by atoms with E-state index in [9.17, 15) is 9.90 Å². The summed E-state index contributed by atoms with van der Waals surface area (Å²) in [7, 11) is 0. The molecular formula is C14H20N2O3.